The standard InChI is InChI=1S/C12H22N2O4/c1-8(2)13-5-3-4-11(15)14-10-7-18-6-9(10)12(16)17/h8-10,13H,3-7H2,1-2H3,(H,14,15)(H,16,17). The molecule has 6 heteroatoms. The highest BCUT2D eigenvalue weighted by atomic mass is 16.5. The number of hydrogen-bond donors (Lipinski definition) is 3. The lowest BCUT2D eigenvalue weighted by molar-refractivity contribution is -0.142. The van der Waals surface area contributed by atoms with Crippen molar-refractivity contribution in [2.45, 2.75) is 38.8 Å². The number of aliphatic carboxylic acids is 1. The molecular weight excluding hydrogens is 236 g/mol. The number of rotatable bonds is 7. The van der Waals surface area contributed by atoms with Crippen LogP contribution in [0.4, 0.5) is 0 Å². The molecule has 1 aliphatic rings. The molecule has 2 unspecified atom stereocenters. The number of amides is 1. The second-order valence-electron chi connectivity index (χ2n) is 4.87. The van der Waals surface area contributed by atoms with Gasteiger partial charge in [0, 0.05) is 12.5 Å². The monoisotopic (exact) mass is 258 g/mol. The molecule has 0 spiro atoms. The van der Waals surface area contributed by atoms with E-state index >= 15 is 0 Å². The zero-order chi connectivity index (χ0) is 13.5. The van der Waals surface area contributed by atoms with Crippen LogP contribution in [0.3, 0.4) is 0 Å². The summed E-state index contributed by atoms with van der Waals surface area (Å²) >= 11 is 0. The summed E-state index contributed by atoms with van der Waals surface area (Å²) in [7, 11) is 0. The molecule has 18 heavy (non-hydrogen) atoms. The van der Waals surface area contributed by atoms with Crippen LogP contribution in [0.2, 0.25) is 0 Å². The van der Waals surface area contributed by atoms with Crippen LogP contribution < -0.4 is 10.6 Å². The van der Waals surface area contributed by atoms with Crippen molar-refractivity contribution in [3.8, 4) is 0 Å². The largest absolute Gasteiger partial charge is 0.481 e. The number of carboxylic acids is 1. The van der Waals surface area contributed by atoms with Gasteiger partial charge in [0.2, 0.25) is 5.91 Å². The first-order valence-corrected chi connectivity index (χ1v) is 6.34. The molecule has 0 aromatic carbocycles. The van der Waals surface area contributed by atoms with E-state index in [1.807, 2.05) is 13.8 Å². The molecule has 1 rings (SSSR count). The molecule has 0 bridgehead atoms. The van der Waals surface area contributed by atoms with E-state index in [0.717, 1.165) is 13.0 Å². The fourth-order valence-electron chi connectivity index (χ4n) is 1.86. The van der Waals surface area contributed by atoms with Crippen LogP contribution in [-0.4, -0.2) is 48.8 Å². The maximum atomic E-state index is 11.6. The van der Waals surface area contributed by atoms with E-state index in [1.54, 1.807) is 0 Å². The van der Waals surface area contributed by atoms with Crippen LogP contribution in [-0.2, 0) is 14.3 Å². The third kappa shape index (κ3) is 5.01. The van der Waals surface area contributed by atoms with Crippen molar-refractivity contribution in [3.05, 3.63) is 0 Å². The Morgan fingerprint density at radius 3 is 2.72 bits per heavy atom. The van der Waals surface area contributed by atoms with Crippen molar-refractivity contribution in [2.75, 3.05) is 19.8 Å². The zero-order valence-electron chi connectivity index (χ0n) is 10.9. The van der Waals surface area contributed by atoms with Crippen molar-refractivity contribution < 1.29 is 19.4 Å². The number of ether oxygens (including phenoxy) is 1. The van der Waals surface area contributed by atoms with Gasteiger partial charge in [-0.15, -0.1) is 0 Å². The SMILES string of the molecule is CC(C)NCCCC(=O)NC1COCC1C(=O)O. The molecular formula is C12H22N2O4. The van der Waals surface area contributed by atoms with Crippen molar-refractivity contribution in [1.82, 2.24) is 10.6 Å². The Kier molecular flexibility index (Phi) is 6.07. The van der Waals surface area contributed by atoms with Crippen LogP contribution in [0, 0.1) is 5.92 Å². The van der Waals surface area contributed by atoms with Crippen LogP contribution >= 0.6 is 0 Å². The Morgan fingerprint density at radius 1 is 1.39 bits per heavy atom. The molecule has 1 aliphatic heterocycles. The molecule has 0 aromatic heterocycles. The van der Waals surface area contributed by atoms with Gasteiger partial charge in [0.1, 0.15) is 5.92 Å². The van der Waals surface area contributed by atoms with E-state index in [1.165, 1.54) is 0 Å². The second-order valence-corrected chi connectivity index (χ2v) is 4.87. The Balaban J connectivity index is 2.21. The first kappa shape index (κ1) is 14.9. The molecule has 2 atom stereocenters. The Bertz CT molecular complexity index is 294. The average Bonchev–Trinajstić information content (AvgIpc) is 2.72. The second kappa shape index (κ2) is 7.33. The van der Waals surface area contributed by atoms with Gasteiger partial charge < -0.3 is 20.5 Å². The maximum absolute atomic E-state index is 11.6. The van der Waals surface area contributed by atoms with E-state index in [-0.39, 0.29) is 19.1 Å². The molecule has 0 radical (unpaired) electrons. The summed E-state index contributed by atoms with van der Waals surface area (Å²) in [6.45, 7) is 5.34. The summed E-state index contributed by atoms with van der Waals surface area (Å²) in [6.07, 6.45) is 1.15. The predicted molar refractivity (Wildman–Crippen MR) is 66.2 cm³/mol. The summed E-state index contributed by atoms with van der Waals surface area (Å²) in [5.41, 5.74) is 0. The summed E-state index contributed by atoms with van der Waals surface area (Å²) in [4.78, 5) is 22.5. The molecule has 6 nitrogen and oxygen atoms in total. The predicted octanol–water partition coefficient (Wildman–Crippen LogP) is -0.0196. The van der Waals surface area contributed by atoms with Crippen LogP contribution in [0.5, 0.6) is 0 Å². The fraction of sp³-hybridized carbons (Fsp3) is 0.833. The summed E-state index contributed by atoms with van der Waals surface area (Å²) in [6, 6.07) is 0.0146. The highest BCUT2D eigenvalue weighted by molar-refractivity contribution is 5.78. The fourth-order valence-corrected chi connectivity index (χ4v) is 1.86. The minimum atomic E-state index is -0.917. The minimum absolute atomic E-state index is 0.109. The third-order valence-electron chi connectivity index (χ3n) is 2.88. The van der Waals surface area contributed by atoms with Gasteiger partial charge >= 0.3 is 5.97 Å². The van der Waals surface area contributed by atoms with Gasteiger partial charge in [0.05, 0.1) is 19.3 Å². The quantitative estimate of drug-likeness (QED) is 0.559. The molecule has 1 saturated heterocycles. The van der Waals surface area contributed by atoms with E-state index in [0.29, 0.717) is 12.5 Å². The topological polar surface area (TPSA) is 87.7 Å². The smallest absolute Gasteiger partial charge is 0.311 e. The molecule has 1 fully saturated rings. The summed E-state index contributed by atoms with van der Waals surface area (Å²) < 4.78 is 5.08. The van der Waals surface area contributed by atoms with Gasteiger partial charge in [-0.3, -0.25) is 9.59 Å². The highest BCUT2D eigenvalue weighted by Crippen LogP contribution is 2.13. The van der Waals surface area contributed by atoms with E-state index < -0.39 is 17.9 Å². The normalized spacial score (nSPS) is 23.3. The molecule has 1 heterocycles. The molecule has 0 saturated carbocycles. The van der Waals surface area contributed by atoms with E-state index in [2.05, 4.69) is 10.6 Å². The lowest BCUT2D eigenvalue weighted by Crippen LogP contribution is -2.42. The van der Waals surface area contributed by atoms with Crippen molar-refractivity contribution in [2.24, 2.45) is 5.92 Å². The average molecular weight is 258 g/mol. The Hall–Kier alpha value is -1.14. The first-order chi connectivity index (χ1) is 8.50. The first-order valence-electron chi connectivity index (χ1n) is 6.34. The summed E-state index contributed by atoms with van der Waals surface area (Å²) in [5, 5.41) is 14.9. The Morgan fingerprint density at radius 2 is 2.11 bits per heavy atom. The van der Waals surface area contributed by atoms with Crippen LogP contribution in [0.25, 0.3) is 0 Å². The lowest BCUT2D eigenvalue weighted by Gasteiger charge is -2.15. The van der Waals surface area contributed by atoms with Gasteiger partial charge in [-0.2, -0.15) is 0 Å². The number of nitrogens with one attached hydrogen (secondary N) is 2. The molecule has 3 N–H and O–H groups in total. The van der Waals surface area contributed by atoms with Crippen molar-refractivity contribution in [3.63, 3.8) is 0 Å². The lowest BCUT2D eigenvalue weighted by atomic mass is 10.0. The van der Waals surface area contributed by atoms with Gasteiger partial charge in [-0.25, -0.2) is 0 Å². The van der Waals surface area contributed by atoms with Gasteiger partial charge in [-0.1, -0.05) is 13.8 Å². The number of carboxylic acid groups (broad SMARTS) is 1. The minimum Gasteiger partial charge on any atom is -0.481 e. The number of carbonyl (C=O) groups excluding carboxylic acids is 1. The summed E-state index contributed by atoms with van der Waals surface area (Å²) in [5.74, 6) is -1.65. The van der Waals surface area contributed by atoms with Crippen molar-refractivity contribution in [1.29, 1.82) is 0 Å². The zero-order valence-corrected chi connectivity index (χ0v) is 10.9. The number of hydrogen-bond acceptors (Lipinski definition) is 4. The highest BCUT2D eigenvalue weighted by Gasteiger charge is 2.34. The van der Waals surface area contributed by atoms with E-state index in [9.17, 15) is 9.59 Å². The van der Waals surface area contributed by atoms with Gasteiger partial charge in [-0.05, 0) is 13.0 Å². The van der Waals surface area contributed by atoms with Crippen molar-refractivity contribution >= 4 is 11.9 Å². The van der Waals surface area contributed by atoms with Gasteiger partial charge in [0.25, 0.3) is 0 Å². The third-order valence-corrected chi connectivity index (χ3v) is 2.88. The number of carbonyl (C=O) groups is 2. The molecule has 0 aromatic rings. The van der Waals surface area contributed by atoms with Gasteiger partial charge in [0.15, 0.2) is 0 Å². The molecule has 1 amide bonds. The Labute approximate surface area is 107 Å². The van der Waals surface area contributed by atoms with E-state index in [4.69, 9.17) is 9.84 Å². The molecule has 104 valence electrons. The van der Waals surface area contributed by atoms with Crippen LogP contribution in [0.1, 0.15) is 26.7 Å². The maximum Gasteiger partial charge on any atom is 0.311 e. The molecule has 0 aliphatic carbocycles. The van der Waals surface area contributed by atoms with Crippen LogP contribution in [0.15, 0.2) is 0 Å².